The number of hydrogen-bond acceptors (Lipinski definition) is 6. The van der Waals surface area contributed by atoms with Crippen molar-refractivity contribution < 1.29 is 27.8 Å². The SMILES string of the molecule is Cc1ccc(Nc2cc(-c3cccc(OC(F)(F)F)c3)nc(NCC(=O)O)n2)cc1Cl. The largest absolute Gasteiger partial charge is 0.573 e. The van der Waals surface area contributed by atoms with Crippen LogP contribution in [0.4, 0.5) is 30.6 Å². The summed E-state index contributed by atoms with van der Waals surface area (Å²) in [5.41, 5.74) is 2.04. The second-order valence-electron chi connectivity index (χ2n) is 6.37. The van der Waals surface area contributed by atoms with Gasteiger partial charge in [-0.1, -0.05) is 29.8 Å². The van der Waals surface area contributed by atoms with E-state index < -0.39 is 24.6 Å². The highest BCUT2D eigenvalue weighted by Gasteiger charge is 2.31. The number of nitrogens with zero attached hydrogens (tertiary/aromatic N) is 2. The van der Waals surface area contributed by atoms with Crippen molar-refractivity contribution in [3.63, 3.8) is 0 Å². The third kappa shape index (κ3) is 6.48. The predicted molar refractivity (Wildman–Crippen MR) is 110 cm³/mol. The lowest BCUT2D eigenvalue weighted by Gasteiger charge is -2.13. The maximum atomic E-state index is 12.5. The first kappa shape index (κ1) is 22.2. The summed E-state index contributed by atoms with van der Waals surface area (Å²) in [4.78, 5) is 19.3. The van der Waals surface area contributed by atoms with Crippen molar-refractivity contribution in [2.45, 2.75) is 13.3 Å². The van der Waals surface area contributed by atoms with Crippen molar-refractivity contribution in [2.24, 2.45) is 0 Å². The Bertz CT molecular complexity index is 1110. The van der Waals surface area contributed by atoms with Crippen molar-refractivity contribution >= 4 is 35.0 Å². The van der Waals surface area contributed by atoms with Crippen molar-refractivity contribution in [1.29, 1.82) is 0 Å². The van der Waals surface area contributed by atoms with Gasteiger partial charge in [-0.2, -0.15) is 4.98 Å². The number of anilines is 3. The number of nitrogens with one attached hydrogen (secondary N) is 2. The maximum absolute atomic E-state index is 12.5. The molecule has 11 heteroatoms. The van der Waals surface area contributed by atoms with E-state index in [1.165, 1.54) is 18.2 Å². The van der Waals surface area contributed by atoms with Crippen LogP contribution >= 0.6 is 11.6 Å². The molecule has 0 saturated heterocycles. The standard InChI is InChI=1S/C20H16ClF3N4O3/c1-11-5-6-13(8-15(11)21)26-17-9-16(27-19(28-17)25-10-18(29)30)12-3-2-4-14(7-12)31-20(22,23)24/h2-9H,10H2,1H3,(H,29,30)(H2,25,26,27,28). The molecule has 1 aromatic heterocycles. The summed E-state index contributed by atoms with van der Waals surface area (Å²) in [5, 5.41) is 15.0. The average Bonchev–Trinajstić information content (AvgIpc) is 2.68. The van der Waals surface area contributed by atoms with Gasteiger partial charge in [-0.15, -0.1) is 13.2 Å². The number of carbonyl (C=O) groups is 1. The van der Waals surface area contributed by atoms with Crippen molar-refractivity contribution in [3.05, 3.63) is 59.1 Å². The lowest BCUT2D eigenvalue weighted by atomic mass is 10.1. The molecular weight excluding hydrogens is 437 g/mol. The van der Waals surface area contributed by atoms with Crippen LogP contribution in [0.3, 0.4) is 0 Å². The highest BCUT2D eigenvalue weighted by atomic mass is 35.5. The van der Waals surface area contributed by atoms with Gasteiger partial charge in [0, 0.05) is 22.3 Å². The number of benzene rings is 2. The third-order valence-corrected chi connectivity index (χ3v) is 4.34. The van der Waals surface area contributed by atoms with Gasteiger partial charge in [0.1, 0.15) is 18.1 Å². The van der Waals surface area contributed by atoms with Crippen LogP contribution in [0.1, 0.15) is 5.56 Å². The number of halogens is 4. The third-order valence-electron chi connectivity index (χ3n) is 3.93. The molecule has 0 radical (unpaired) electrons. The molecule has 0 bridgehead atoms. The molecular formula is C20H16ClF3N4O3. The molecule has 1 heterocycles. The molecule has 162 valence electrons. The van der Waals surface area contributed by atoms with Crippen molar-refractivity contribution in [3.8, 4) is 17.0 Å². The molecule has 0 aliphatic rings. The van der Waals surface area contributed by atoms with Crippen LogP contribution in [0.2, 0.25) is 5.02 Å². The Morgan fingerprint density at radius 3 is 2.61 bits per heavy atom. The molecule has 3 rings (SSSR count). The Kier molecular flexibility index (Phi) is 6.50. The van der Waals surface area contributed by atoms with E-state index in [0.717, 1.165) is 11.6 Å². The molecule has 0 aliphatic carbocycles. The molecule has 0 unspecified atom stereocenters. The molecule has 0 aliphatic heterocycles. The van der Waals surface area contributed by atoms with Gasteiger partial charge in [-0.05, 0) is 36.8 Å². The van der Waals surface area contributed by atoms with Crippen LogP contribution in [0.15, 0.2) is 48.5 Å². The maximum Gasteiger partial charge on any atom is 0.573 e. The van der Waals surface area contributed by atoms with Crippen molar-refractivity contribution in [1.82, 2.24) is 9.97 Å². The first-order chi connectivity index (χ1) is 14.6. The summed E-state index contributed by atoms with van der Waals surface area (Å²) >= 11 is 6.14. The molecule has 0 saturated carbocycles. The fraction of sp³-hybridized carbons (Fsp3) is 0.150. The molecule has 31 heavy (non-hydrogen) atoms. The lowest BCUT2D eigenvalue weighted by molar-refractivity contribution is -0.274. The highest BCUT2D eigenvalue weighted by Crippen LogP contribution is 2.30. The van der Waals surface area contributed by atoms with E-state index in [2.05, 4.69) is 25.3 Å². The second-order valence-corrected chi connectivity index (χ2v) is 6.78. The van der Waals surface area contributed by atoms with Gasteiger partial charge in [-0.25, -0.2) is 4.98 Å². The van der Waals surface area contributed by atoms with E-state index in [-0.39, 0.29) is 17.5 Å². The molecule has 0 spiro atoms. The van der Waals surface area contributed by atoms with Gasteiger partial charge in [-0.3, -0.25) is 4.79 Å². The van der Waals surface area contributed by atoms with Gasteiger partial charge in [0.25, 0.3) is 0 Å². The van der Waals surface area contributed by atoms with E-state index in [9.17, 15) is 18.0 Å². The smallest absolute Gasteiger partial charge is 0.480 e. The predicted octanol–water partition coefficient (Wildman–Crippen LogP) is 5.24. The Balaban J connectivity index is 1.98. The van der Waals surface area contributed by atoms with Crippen molar-refractivity contribution in [2.75, 3.05) is 17.2 Å². The molecule has 3 aromatic rings. The first-order valence-electron chi connectivity index (χ1n) is 8.83. The van der Waals surface area contributed by atoms with Crippen LogP contribution in [-0.4, -0.2) is 34.0 Å². The van der Waals surface area contributed by atoms with Crippen LogP contribution in [0.5, 0.6) is 5.75 Å². The van der Waals surface area contributed by atoms with Crippen LogP contribution < -0.4 is 15.4 Å². The highest BCUT2D eigenvalue weighted by molar-refractivity contribution is 6.31. The minimum absolute atomic E-state index is 0.0252. The molecule has 7 nitrogen and oxygen atoms in total. The summed E-state index contributed by atoms with van der Waals surface area (Å²) < 4.78 is 41.6. The molecule has 3 N–H and O–H groups in total. The minimum atomic E-state index is -4.84. The van der Waals surface area contributed by atoms with Crippen LogP contribution in [0, 0.1) is 6.92 Å². The zero-order valence-corrected chi connectivity index (χ0v) is 16.8. The fourth-order valence-electron chi connectivity index (χ4n) is 2.56. The Morgan fingerprint density at radius 1 is 1.16 bits per heavy atom. The molecule has 0 atom stereocenters. The topological polar surface area (TPSA) is 96.4 Å². The minimum Gasteiger partial charge on any atom is -0.480 e. The van der Waals surface area contributed by atoms with Crippen LogP contribution in [-0.2, 0) is 4.79 Å². The summed E-state index contributed by atoms with van der Waals surface area (Å²) in [5.74, 6) is -1.29. The summed E-state index contributed by atoms with van der Waals surface area (Å²) in [6.07, 6.45) is -4.84. The number of carboxylic acid groups (broad SMARTS) is 1. The van der Waals surface area contributed by atoms with Crippen LogP contribution in [0.25, 0.3) is 11.3 Å². The van der Waals surface area contributed by atoms with E-state index in [1.807, 2.05) is 6.92 Å². The monoisotopic (exact) mass is 452 g/mol. The number of aliphatic carboxylic acids is 1. The molecule has 0 fully saturated rings. The Labute approximate surface area is 179 Å². The normalized spacial score (nSPS) is 11.1. The number of aromatic nitrogens is 2. The van der Waals surface area contributed by atoms with E-state index in [0.29, 0.717) is 16.3 Å². The van der Waals surface area contributed by atoms with E-state index in [1.54, 1.807) is 24.3 Å². The number of alkyl halides is 3. The second kappa shape index (κ2) is 9.09. The molecule has 2 aromatic carbocycles. The summed E-state index contributed by atoms with van der Waals surface area (Å²) in [6.45, 7) is 1.40. The summed E-state index contributed by atoms with van der Waals surface area (Å²) in [6, 6.07) is 12.0. The Morgan fingerprint density at radius 2 is 1.94 bits per heavy atom. The number of rotatable bonds is 7. The number of carboxylic acids is 1. The zero-order valence-electron chi connectivity index (χ0n) is 16.0. The zero-order chi connectivity index (χ0) is 22.6. The Hall–Kier alpha value is -3.53. The quantitative estimate of drug-likeness (QED) is 0.451. The fourth-order valence-corrected chi connectivity index (χ4v) is 2.74. The van der Waals surface area contributed by atoms with Gasteiger partial charge in [0.2, 0.25) is 5.95 Å². The van der Waals surface area contributed by atoms with E-state index in [4.69, 9.17) is 16.7 Å². The van der Waals surface area contributed by atoms with Gasteiger partial charge in [0.05, 0.1) is 5.69 Å². The van der Waals surface area contributed by atoms with Gasteiger partial charge in [0.15, 0.2) is 0 Å². The first-order valence-corrected chi connectivity index (χ1v) is 9.21. The average molecular weight is 453 g/mol. The van der Waals surface area contributed by atoms with E-state index >= 15 is 0 Å². The lowest BCUT2D eigenvalue weighted by Crippen LogP contribution is -2.17. The van der Waals surface area contributed by atoms with Gasteiger partial charge >= 0.3 is 12.3 Å². The molecule has 0 amide bonds. The number of hydrogen-bond donors (Lipinski definition) is 3. The number of aryl methyl sites for hydroxylation is 1. The summed E-state index contributed by atoms with van der Waals surface area (Å²) in [7, 11) is 0. The number of ether oxygens (including phenoxy) is 1. The van der Waals surface area contributed by atoms with Gasteiger partial charge < -0.3 is 20.5 Å².